The van der Waals surface area contributed by atoms with E-state index < -0.39 is 30.0 Å². The van der Waals surface area contributed by atoms with Gasteiger partial charge in [-0.25, -0.2) is 14.0 Å². The van der Waals surface area contributed by atoms with Crippen molar-refractivity contribution in [3.05, 3.63) is 35.9 Å². The number of rotatable bonds is 3. The van der Waals surface area contributed by atoms with Crippen molar-refractivity contribution in [2.75, 3.05) is 13.1 Å². The first kappa shape index (κ1) is 18.0. The molecule has 1 heterocycles. The van der Waals surface area contributed by atoms with Gasteiger partial charge >= 0.3 is 12.2 Å². The number of ether oxygens (including phenoxy) is 2. The molecule has 1 fully saturated rings. The second-order valence-electron chi connectivity index (χ2n) is 6.71. The van der Waals surface area contributed by atoms with Gasteiger partial charge in [0.15, 0.2) is 0 Å². The fraction of sp³-hybridized carbons (Fsp3) is 0.529. The number of alkyl carbamates (subject to hydrolysis) is 1. The van der Waals surface area contributed by atoms with Gasteiger partial charge in [0.05, 0.1) is 12.6 Å². The van der Waals surface area contributed by atoms with Crippen LogP contribution in [-0.2, 0) is 16.1 Å². The van der Waals surface area contributed by atoms with Gasteiger partial charge in [-0.15, -0.1) is 0 Å². The maximum absolute atomic E-state index is 14.0. The first-order chi connectivity index (χ1) is 11.2. The summed E-state index contributed by atoms with van der Waals surface area (Å²) in [5.41, 5.74) is 0.189. The van der Waals surface area contributed by atoms with Gasteiger partial charge in [-0.2, -0.15) is 0 Å². The van der Waals surface area contributed by atoms with E-state index in [-0.39, 0.29) is 19.7 Å². The third kappa shape index (κ3) is 5.40. The highest BCUT2D eigenvalue weighted by Crippen LogP contribution is 2.18. The predicted octanol–water partition coefficient (Wildman–Crippen LogP) is 2.87. The van der Waals surface area contributed by atoms with Gasteiger partial charge in [0.1, 0.15) is 18.4 Å². The summed E-state index contributed by atoms with van der Waals surface area (Å²) in [7, 11) is 0. The first-order valence-electron chi connectivity index (χ1n) is 7.84. The molecule has 24 heavy (non-hydrogen) atoms. The molecule has 0 aromatic heterocycles. The molecule has 2 amide bonds. The van der Waals surface area contributed by atoms with Crippen molar-refractivity contribution in [2.24, 2.45) is 0 Å². The van der Waals surface area contributed by atoms with E-state index in [1.807, 2.05) is 30.3 Å². The number of hydrogen-bond acceptors (Lipinski definition) is 4. The standard InChI is InChI=1S/C17H23FN2O4/c1-17(2,3)24-16(22)20-9-13(18)14(10-20)19-15(21)23-11-12-7-5-4-6-8-12/h4-8,13-14H,9-11H2,1-3H3,(H,19,21)/t13-,14-/m1/s1. The lowest BCUT2D eigenvalue weighted by Gasteiger charge is -2.24. The van der Waals surface area contributed by atoms with Gasteiger partial charge < -0.3 is 19.7 Å². The summed E-state index contributed by atoms with van der Waals surface area (Å²) in [6, 6.07) is 8.38. The Kier molecular flexibility index (Phi) is 5.64. The highest BCUT2D eigenvalue weighted by Gasteiger charge is 2.38. The molecular weight excluding hydrogens is 315 g/mol. The molecule has 6 nitrogen and oxygen atoms in total. The first-order valence-corrected chi connectivity index (χ1v) is 7.84. The van der Waals surface area contributed by atoms with Crippen LogP contribution in [0.1, 0.15) is 26.3 Å². The van der Waals surface area contributed by atoms with E-state index in [0.717, 1.165) is 5.56 Å². The van der Waals surface area contributed by atoms with Crippen molar-refractivity contribution in [3.8, 4) is 0 Å². The third-order valence-corrected chi connectivity index (χ3v) is 3.42. The molecule has 0 bridgehead atoms. The number of halogens is 1. The maximum Gasteiger partial charge on any atom is 0.410 e. The lowest BCUT2D eigenvalue weighted by molar-refractivity contribution is 0.0281. The molecule has 2 rings (SSSR count). The SMILES string of the molecule is CC(C)(C)OC(=O)N1C[C@@H](F)[C@H](NC(=O)OCc2ccccc2)C1. The minimum Gasteiger partial charge on any atom is -0.445 e. The molecule has 1 aliphatic rings. The molecule has 2 atom stereocenters. The molecular formula is C17H23FN2O4. The molecule has 1 aliphatic heterocycles. The quantitative estimate of drug-likeness (QED) is 0.920. The Morgan fingerprint density at radius 2 is 1.92 bits per heavy atom. The van der Waals surface area contributed by atoms with E-state index >= 15 is 0 Å². The fourth-order valence-corrected chi connectivity index (χ4v) is 2.29. The zero-order valence-corrected chi connectivity index (χ0v) is 14.1. The molecule has 0 spiro atoms. The zero-order chi connectivity index (χ0) is 17.7. The monoisotopic (exact) mass is 338 g/mol. The molecule has 0 aliphatic carbocycles. The average molecular weight is 338 g/mol. The van der Waals surface area contributed by atoms with Crippen LogP contribution in [0.4, 0.5) is 14.0 Å². The molecule has 0 unspecified atom stereocenters. The largest absolute Gasteiger partial charge is 0.445 e. The topological polar surface area (TPSA) is 67.9 Å². The Labute approximate surface area is 140 Å². The van der Waals surface area contributed by atoms with Crippen LogP contribution < -0.4 is 5.32 Å². The Hall–Kier alpha value is -2.31. The van der Waals surface area contributed by atoms with Crippen LogP contribution in [0, 0.1) is 0 Å². The molecule has 1 aromatic rings. The summed E-state index contributed by atoms with van der Waals surface area (Å²) in [4.78, 5) is 25.0. The Morgan fingerprint density at radius 3 is 2.54 bits per heavy atom. The number of amides is 2. The van der Waals surface area contributed by atoms with Crippen LogP contribution in [0.15, 0.2) is 30.3 Å². The minimum absolute atomic E-state index is 0.0521. The van der Waals surface area contributed by atoms with Crippen LogP contribution in [-0.4, -0.2) is 48.0 Å². The highest BCUT2D eigenvalue weighted by molar-refractivity contribution is 5.70. The molecule has 1 aromatic carbocycles. The van der Waals surface area contributed by atoms with Crippen LogP contribution in [0.5, 0.6) is 0 Å². The summed E-state index contributed by atoms with van der Waals surface area (Å²) < 4.78 is 24.3. The Morgan fingerprint density at radius 1 is 1.25 bits per heavy atom. The highest BCUT2D eigenvalue weighted by atomic mass is 19.1. The number of nitrogens with zero attached hydrogens (tertiary/aromatic N) is 1. The van der Waals surface area contributed by atoms with Gasteiger partial charge in [0, 0.05) is 6.54 Å². The number of hydrogen-bond donors (Lipinski definition) is 1. The molecule has 0 saturated carbocycles. The van der Waals surface area contributed by atoms with Crippen molar-refractivity contribution in [2.45, 2.75) is 45.2 Å². The zero-order valence-electron chi connectivity index (χ0n) is 14.1. The molecule has 7 heteroatoms. The van der Waals surface area contributed by atoms with Crippen LogP contribution in [0.2, 0.25) is 0 Å². The fourth-order valence-electron chi connectivity index (χ4n) is 2.29. The normalized spacial score (nSPS) is 20.6. The van der Waals surface area contributed by atoms with Crippen molar-refractivity contribution >= 4 is 12.2 Å². The number of alkyl halides is 1. The lowest BCUT2D eigenvalue weighted by Crippen LogP contribution is -2.42. The van der Waals surface area contributed by atoms with Crippen LogP contribution >= 0.6 is 0 Å². The second-order valence-corrected chi connectivity index (χ2v) is 6.71. The number of benzene rings is 1. The van der Waals surface area contributed by atoms with E-state index in [1.165, 1.54) is 4.90 Å². The summed E-state index contributed by atoms with van der Waals surface area (Å²) >= 11 is 0. The number of nitrogens with one attached hydrogen (secondary N) is 1. The summed E-state index contributed by atoms with van der Waals surface area (Å²) in [6.07, 6.45) is -2.66. The van der Waals surface area contributed by atoms with Crippen molar-refractivity contribution in [3.63, 3.8) is 0 Å². The Bertz CT molecular complexity index is 574. The van der Waals surface area contributed by atoms with Crippen molar-refractivity contribution in [1.82, 2.24) is 10.2 Å². The van der Waals surface area contributed by atoms with Crippen molar-refractivity contribution in [1.29, 1.82) is 0 Å². The number of carbonyl (C=O) groups excluding carboxylic acids is 2. The van der Waals surface area contributed by atoms with E-state index in [4.69, 9.17) is 9.47 Å². The van der Waals surface area contributed by atoms with Crippen molar-refractivity contribution < 1.29 is 23.5 Å². The van der Waals surface area contributed by atoms with Crippen LogP contribution in [0.3, 0.4) is 0 Å². The third-order valence-electron chi connectivity index (χ3n) is 3.42. The summed E-state index contributed by atoms with van der Waals surface area (Å²) in [5.74, 6) is 0. The van der Waals surface area contributed by atoms with E-state index in [9.17, 15) is 14.0 Å². The summed E-state index contributed by atoms with van der Waals surface area (Å²) in [5, 5.41) is 2.46. The molecule has 1 N–H and O–H groups in total. The van der Waals surface area contributed by atoms with E-state index in [0.29, 0.717) is 0 Å². The Balaban J connectivity index is 1.80. The maximum atomic E-state index is 14.0. The van der Waals surface area contributed by atoms with Gasteiger partial charge in [0.25, 0.3) is 0 Å². The van der Waals surface area contributed by atoms with Gasteiger partial charge in [-0.3, -0.25) is 0 Å². The lowest BCUT2D eigenvalue weighted by atomic mass is 10.2. The van der Waals surface area contributed by atoms with E-state index in [1.54, 1.807) is 20.8 Å². The molecule has 132 valence electrons. The molecule has 1 saturated heterocycles. The van der Waals surface area contributed by atoms with E-state index in [2.05, 4.69) is 5.32 Å². The molecule has 0 radical (unpaired) electrons. The smallest absolute Gasteiger partial charge is 0.410 e. The van der Waals surface area contributed by atoms with Gasteiger partial charge in [0.2, 0.25) is 0 Å². The minimum atomic E-state index is -1.36. The number of likely N-dealkylation sites (tertiary alicyclic amines) is 1. The number of carbonyl (C=O) groups is 2. The van der Waals surface area contributed by atoms with Crippen LogP contribution in [0.25, 0.3) is 0 Å². The second kappa shape index (κ2) is 7.51. The predicted molar refractivity (Wildman–Crippen MR) is 86.3 cm³/mol. The summed E-state index contributed by atoms with van der Waals surface area (Å²) in [6.45, 7) is 5.26. The average Bonchev–Trinajstić information content (AvgIpc) is 2.86. The van der Waals surface area contributed by atoms with Gasteiger partial charge in [-0.05, 0) is 26.3 Å². The van der Waals surface area contributed by atoms with Gasteiger partial charge in [-0.1, -0.05) is 30.3 Å².